The molecule has 0 radical (unpaired) electrons. The average Bonchev–Trinajstić information content (AvgIpc) is 2.62. The Bertz CT molecular complexity index is 681. The van der Waals surface area contributed by atoms with Crippen molar-refractivity contribution in [2.75, 3.05) is 6.54 Å². The molecule has 0 heterocycles. The van der Waals surface area contributed by atoms with Gasteiger partial charge in [-0.05, 0) is 44.2 Å². The van der Waals surface area contributed by atoms with Crippen LogP contribution in [-0.2, 0) is 9.53 Å². The summed E-state index contributed by atoms with van der Waals surface area (Å²) < 4.78 is 5.40. The van der Waals surface area contributed by atoms with Gasteiger partial charge in [0.2, 0.25) is 0 Å². The molecule has 8 nitrogen and oxygen atoms in total. The number of nitrogens with zero attached hydrogens (tertiary/aromatic N) is 1. The molecule has 0 atom stereocenters. The zero-order valence-electron chi connectivity index (χ0n) is 14.6. The van der Waals surface area contributed by atoms with Crippen LogP contribution in [0.5, 0.6) is 0 Å². The maximum absolute atomic E-state index is 11.9. The number of urea groups is 1. The number of nitro benzene ring substituents is 1. The van der Waals surface area contributed by atoms with Gasteiger partial charge in [0.1, 0.15) is 6.10 Å². The molecule has 0 saturated heterocycles. The molecule has 0 bridgehead atoms. The number of benzene rings is 1. The predicted molar refractivity (Wildman–Crippen MR) is 96.5 cm³/mol. The zero-order valence-corrected chi connectivity index (χ0v) is 14.6. The van der Waals surface area contributed by atoms with E-state index in [1.54, 1.807) is 12.1 Å². The van der Waals surface area contributed by atoms with Crippen molar-refractivity contribution >= 4 is 23.8 Å². The number of ether oxygens (including phenoxy) is 1. The van der Waals surface area contributed by atoms with Crippen molar-refractivity contribution in [2.45, 2.75) is 44.8 Å². The van der Waals surface area contributed by atoms with Crippen LogP contribution in [0.3, 0.4) is 0 Å². The van der Waals surface area contributed by atoms with E-state index < -0.39 is 10.9 Å². The van der Waals surface area contributed by atoms with E-state index in [9.17, 15) is 19.7 Å². The minimum absolute atomic E-state index is 0.0292. The van der Waals surface area contributed by atoms with Gasteiger partial charge in [-0.3, -0.25) is 10.1 Å². The van der Waals surface area contributed by atoms with Crippen molar-refractivity contribution in [3.05, 3.63) is 46.0 Å². The largest absolute Gasteiger partial charge is 0.459 e. The van der Waals surface area contributed by atoms with E-state index in [2.05, 4.69) is 10.6 Å². The van der Waals surface area contributed by atoms with Crippen molar-refractivity contribution in [1.82, 2.24) is 10.6 Å². The van der Waals surface area contributed by atoms with Crippen LogP contribution in [0.1, 0.15) is 38.2 Å². The summed E-state index contributed by atoms with van der Waals surface area (Å²) in [4.78, 5) is 33.7. The van der Waals surface area contributed by atoms with Gasteiger partial charge in [-0.2, -0.15) is 0 Å². The average molecular weight is 361 g/mol. The summed E-state index contributed by atoms with van der Waals surface area (Å²) in [6.45, 7) is 2.44. The molecule has 1 fully saturated rings. The first-order chi connectivity index (χ1) is 12.5. The zero-order chi connectivity index (χ0) is 18.9. The minimum atomic E-state index is -0.483. The summed E-state index contributed by atoms with van der Waals surface area (Å²) in [7, 11) is 0. The third kappa shape index (κ3) is 6.19. The highest BCUT2D eigenvalue weighted by Crippen LogP contribution is 2.21. The molecule has 1 aromatic rings. The summed E-state index contributed by atoms with van der Waals surface area (Å²) >= 11 is 0. The van der Waals surface area contributed by atoms with Crippen LogP contribution >= 0.6 is 0 Å². The summed E-state index contributed by atoms with van der Waals surface area (Å²) in [6, 6.07) is 5.94. The first-order valence-electron chi connectivity index (χ1n) is 8.65. The highest BCUT2D eigenvalue weighted by atomic mass is 16.6. The van der Waals surface area contributed by atoms with Crippen molar-refractivity contribution < 1.29 is 19.2 Å². The lowest BCUT2D eigenvalue weighted by Crippen LogP contribution is -2.44. The van der Waals surface area contributed by atoms with Crippen LogP contribution in [0.15, 0.2) is 30.3 Å². The maximum atomic E-state index is 11.9. The van der Waals surface area contributed by atoms with E-state index >= 15 is 0 Å². The lowest BCUT2D eigenvalue weighted by Gasteiger charge is -2.28. The number of esters is 1. The van der Waals surface area contributed by atoms with Crippen molar-refractivity contribution in [3.63, 3.8) is 0 Å². The number of hydrogen-bond donors (Lipinski definition) is 2. The van der Waals surface area contributed by atoms with Crippen LogP contribution in [-0.4, -0.2) is 35.6 Å². The summed E-state index contributed by atoms with van der Waals surface area (Å²) in [6.07, 6.45) is 5.48. The Labute approximate surface area is 151 Å². The Balaban J connectivity index is 1.78. The smallest absolute Gasteiger partial charge is 0.331 e. The Morgan fingerprint density at radius 2 is 2.04 bits per heavy atom. The lowest BCUT2D eigenvalue weighted by atomic mass is 9.93. The van der Waals surface area contributed by atoms with Crippen LogP contribution in [0.4, 0.5) is 10.5 Å². The highest BCUT2D eigenvalue weighted by molar-refractivity contribution is 5.87. The van der Waals surface area contributed by atoms with Crippen LogP contribution in [0, 0.1) is 10.1 Å². The molecular formula is C18H23N3O5. The van der Waals surface area contributed by atoms with Crippen LogP contribution < -0.4 is 10.6 Å². The van der Waals surface area contributed by atoms with Gasteiger partial charge in [-0.25, -0.2) is 9.59 Å². The Kier molecular flexibility index (Phi) is 7.13. The second-order valence-electron chi connectivity index (χ2n) is 6.10. The number of carbonyl (C=O) groups excluding carboxylic acids is 2. The Hall–Kier alpha value is -2.90. The molecular weight excluding hydrogens is 338 g/mol. The second kappa shape index (κ2) is 9.55. The summed E-state index contributed by atoms with van der Waals surface area (Å²) in [5, 5.41) is 16.3. The summed E-state index contributed by atoms with van der Waals surface area (Å²) in [5.74, 6) is -0.475. The fraction of sp³-hybridized carbons (Fsp3) is 0.444. The van der Waals surface area contributed by atoms with Gasteiger partial charge >= 0.3 is 12.0 Å². The first-order valence-corrected chi connectivity index (χ1v) is 8.65. The molecule has 1 aliphatic carbocycles. The highest BCUT2D eigenvalue weighted by Gasteiger charge is 2.24. The van der Waals surface area contributed by atoms with Crippen molar-refractivity contribution in [2.24, 2.45) is 0 Å². The normalized spacial score (nSPS) is 19.7. The molecule has 1 aliphatic rings. The minimum Gasteiger partial charge on any atom is -0.459 e. The molecule has 0 unspecified atom stereocenters. The second-order valence-corrected chi connectivity index (χ2v) is 6.10. The molecule has 2 N–H and O–H groups in total. The first kappa shape index (κ1) is 19.4. The SMILES string of the molecule is CCNC(=O)NC1CCC(OC(=O)C=Cc2cccc([N+](=O)[O-])c2)CC1. The van der Waals surface area contributed by atoms with Gasteiger partial charge in [0.05, 0.1) is 4.92 Å². The van der Waals surface area contributed by atoms with Gasteiger partial charge < -0.3 is 15.4 Å². The molecule has 0 aliphatic heterocycles. The van der Waals surface area contributed by atoms with Crippen LogP contribution in [0.2, 0.25) is 0 Å². The van der Waals surface area contributed by atoms with Gasteiger partial charge in [0.15, 0.2) is 0 Å². The summed E-state index contributed by atoms with van der Waals surface area (Å²) in [5.41, 5.74) is 0.532. The molecule has 26 heavy (non-hydrogen) atoms. The number of amides is 2. The molecule has 1 saturated carbocycles. The van der Waals surface area contributed by atoms with Gasteiger partial charge in [-0.1, -0.05) is 12.1 Å². The van der Waals surface area contributed by atoms with E-state index in [1.165, 1.54) is 24.3 Å². The number of carbonyl (C=O) groups is 2. The Morgan fingerprint density at radius 1 is 1.31 bits per heavy atom. The van der Waals surface area contributed by atoms with E-state index in [0.29, 0.717) is 24.9 Å². The number of rotatable bonds is 6. The van der Waals surface area contributed by atoms with Gasteiger partial charge in [0.25, 0.3) is 5.69 Å². The predicted octanol–water partition coefficient (Wildman–Crippen LogP) is 2.78. The monoisotopic (exact) mass is 361 g/mol. The van der Waals surface area contributed by atoms with Crippen molar-refractivity contribution in [3.8, 4) is 0 Å². The quantitative estimate of drug-likeness (QED) is 0.350. The maximum Gasteiger partial charge on any atom is 0.331 e. The standard InChI is InChI=1S/C18H23N3O5/c1-2-19-18(23)20-14-7-9-16(10-8-14)26-17(22)11-6-13-4-3-5-15(12-13)21(24)25/h3-6,11-12,14,16H,2,7-10H2,1H3,(H2,19,20,23). The van der Waals surface area contributed by atoms with Crippen LogP contribution in [0.25, 0.3) is 6.08 Å². The third-order valence-electron chi connectivity index (χ3n) is 4.12. The molecule has 2 rings (SSSR count). The molecule has 140 valence electrons. The van der Waals surface area contributed by atoms with E-state index in [-0.39, 0.29) is 23.9 Å². The van der Waals surface area contributed by atoms with Gasteiger partial charge in [0, 0.05) is 30.8 Å². The fourth-order valence-electron chi connectivity index (χ4n) is 2.83. The number of nitro groups is 1. The van der Waals surface area contributed by atoms with Crippen molar-refractivity contribution in [1.29, 1.82) is 0 Å². The molecule has 1 aromatic carbocycles. The van der Waals surface area contributed by atoms with E-state index in [4.69, 9.17) is 4.74 Å². The molecule has 0 aromatic heterocycles. The van der Waals surface area contributed by atoms with E-state index in [0.717, 1.165) is 12.8 Å². The molecule has 2 amide bonds. The Morgan fingerprint density at radius 3 is 2.69 bits per heavy atom. The van der Waals surface area contributed by atoms with Gasteiger partial charge in [-0.15, -0.1) is 0 Å². The fourth-order valence-corrected chi connectivity index (χ4v) is 2.83. The number of nitrogens with one attached hydrogen (secondary N) is 2. The lowest BCUT2D eigenvalue weighted by molar-refractivity contribution is -0.384. The number of hydrogen-bond acceptors (Lipinski definition) is 5. The molecule has 8 heteroatoms. The number of non-ortho nitro benzene ring substituents is 1. The molecule has 0 spiro atoms. The third-order valence-corrected chi connectivity index (χ3v) is 4.12. The van der Waals surface area contributed by atoms with E-state index in [1.807, 2.05) is 6.92 Å². The topological polar surface area (TPSA) is 111 Å².